The van der Waals surface area contributed by atoms with E-state index in [-0.39, 0.29) is 5.91 Å². The molecule has 2 aliphatic heterocycles. The topological polar surface area (TPSA) is 35.6 Å². The summed E-state index contributed by atoms with van der Waals surface area (Å²) < 4.78 is 0. The maximum Gasteiger partial charge on any atom is 0.253 e. The summed E-state index contributed by atoms with van der Waals surface area (Å²) in [6, 6.07) is 6.54. The second-order valence-corrected chi connectivity index (χ2v) is 5.71. The molecule has 1 amide bonds. The van der Waals surface area contributed by atoms with Gasteiger partial charge in [0.05, 0.1) is 0 Å². The fourth-order valence-electron chi connectivity index (χ4n) is 2.97. The number of rotatable bonds is 2. The van der Waals surface area contributed by atoms with Gasteiger partial charge < -0.3 is 15.1 Å². The van der Waals surface area contributed by atoms with Crippen LogP contribution in [0.2, 0.25) is 0 Å². The molecule has 1 saturated heterocycles. The largest absolute Gasteiger partial charge is 0.384 e. The van der Waals surface area contributed by atoms with Crippen LogP contribution in [0.5, 0.6) is 0 Å². The van der Waals surface area contributed by atoms with E-state index in [9.17, 15) is 4.79 Å². The first-order chi connectivity index (χ1) is 9.15. The summed E-state index contributed by atoms with van der Waals surface area (Å²) in [5.74, 6) is 0.180. The number of hydrogen-bond acceptors (Lipinski definition) is 3. The number of nitrogens with one attached hydrogen (secondary N) is 1. The van der Waals surface area contributed by atoms with E-state index in [0.717, 1.165) is 38.0 Å². The van der Waals surface area contributed by atoms with Gasteiger partial charge in [0.15, 0.2) is 0 Å². The number of benzene rings is 1. The van der Waals surface area contributed by atoms with E-state index in [1.165, 1.54) is 11.3 Å². The lowest BCUT2D eigenvalue weighted by atomic mass is 10.1. The van der Waals surface area contributed by atoms with Gasteiger partial charge >= 0.3 is 0 Å². The van der Waals surface area contributed by atoms with E-state index in [1.807, 2.05) is 17.0 Å². The van der Waals surface area contributed by atoms with Gasteiger partial charge in [-0.15, -0.1) is 0 Å². The molecule has 2 aliphatic rings. The Kier molecular flexibility index (Phi) is 3.19. The highest BCUT2D eigenvalue weighted by atomic mass is 16.2. The molecule has 1 aromatic rings. The van der Waals surface area contributed by atoms with Crippen LogP contribution in [0.25, 0.3) is 0 Å². The Morgan fingerprint density at radius 2 is 2.26 bits per heavy atom. The minimum atomic E-state index is 0.180. The smallest absolute Gasteiger partial charge is 0.253 e. The molecule has 1 unspecified atom stereocenters. The lowest BCUT2D eigenvalue weighted by Gasteiger charge is -2.20. The standard InChI is InChI=1S/C15H21N3O/c1-17(2)13-6-8-18(10-13)15(19)12-3-4-14-11(9-12)5-7-16-14/h3-4,9,13,16H,5-8,10H2,1-2H3. The highest BCUT2D eigenvalue weighted by Crippen LogP contribution is 2.24. The molecule has 1 N–H and O–H groups in total. The van der Waals surface area contributed by atoms with Crippen molar-refractivity contribution in [3.8, 4) is 0 Å². The number of nitrogens with zero attached hydrogens (tertiary/aromatic N) is 2. The number of amides is 1. The Labute approximate surface area is 114 Å². The van der Waals surface area contributed by atoms with Gasteiger partial charge in [0.25, 0.3) is 5.91 Å². The van der Waals surface area contributed by atoms with E-state index in [0.29, 0.717) is 6.04 Å². The number of fused-ring (bicyclic) bond motifs is 1. The average molecular weight is 259 g/mol. The third-order valence-corrected chi connectivity index (χ3v) is 4.24. The number of hydrogen-bond donors (Lipinski definition) is 1. The van der Waals surface area contributed by atoms with Crippen LogP contribution in [0.15, 0.2) is 18.2 Å². The molecule has 0 spiro atoms. The van der Waals surface area contributed by atoms with Gasteiger partial charge in [0, 0.05) is 36.9 Å². The van der Waals surface area contributed by atoms with Crippen LogP contribution in [-0.4, -0.2) is 55.5 Å². The van der Waals surface area contributed by atoms with Gasteiger partial charge in [-0.1, -0.05) is 0 Å². The minimum Gasteiger partial charge on any atom is -0.384 e. The first kappa shape index (κ1) is 12.5. The second kappa shape index (κ2) is 4.85. The Balaban J connectivity index is 1.74. The zero-order valence-electron chi connectivity index (χ0n) is 11.6. The molecular weight excluding hydrogens is 238 g/mol. The van der Waals surface area contributed by atoms with Crippen LogP contribution in [0.4, 0.5) is 5.69 Å². The Bertz CT molecular complexity index is 498. The minimum absolute atomic E-state index is 0.180. The highest BCUT2D eigenvalue weighted by molar-refractivity contribution is 5.95. The quantitative estimate of drug-likeness (QED) is 0.873. The maximum atomic E-state index is 12.5. The molecule has 0 bridgehead atoms. The first-order valence-electron chi connectivity index (χ1n) is 6.97. The summed E-state index contributed by atoms with van der Waals surface area (Å²) in [5.41, 5.74) is 3.29. The third kappa shape index (κ3) is 2.32. The normalized spacial score (nSPS) is 21.6. The number of likely N-dealkylation sites (N-methyl/N-ethyl adjacent to an activating group) is 1. The van der Waals surface area contributed by atoms with Crippen LogP contribution in [0, 0.1) is 0 Å². The van der Waals surface area contributed by atoms with Gasteiger partial charge in [-0.2, -0.15) is 0 Å². The summed E-state index contributed by atoms with van der Waals surface area (Å²) in [5, 5.41) is 3.33. The van der Waals surface area contributed by atoms with Crippen LogP contribution >= 0.6 is 0 Å². The third-order valence-electron chi connectivity index (χ3n) is 4.24. The molecule has 19 heavy (non-hydrogen) atoms. The van der Waals surface area contributed by atoms with Crippen LogP contribution in [0.1, 0.15) is 22.3 Å². The summed E-state index contributed by atoms with van der Waals surface area (Å²) in [6.45, 7) is 2.71. The number of likely N-dealkylation sites (tertiary alicyclic amines) is 1. The van der Waals surface area contributed by atoms with Crippen molar-refractivity contribution >= 4 is 11.6 Å². The fraction of sp³-hybridized carbons (Fsp3) is 0.533. The van der Waals surface area contributed by atoms with Crippen molar-refractivity contribution in [3.05, 3.63) is 29.3 Å². The van der Waals surface area contributed by atoms with Gasteiger partial charge in [0.1, 0.15) is 0 Å². The summed E-state index contributed by atoms with van der Waals surface area (Å²) in [7, 11) is 4.17. The molecule has 4 nitrogen and oxygen atoms in total. The predicted molar refractivity (Wildman–Crippen MR) is 76.6 cm³/mol. The zero-order chi connectivity index (χ0) is 13.4. The molecule has 0 aromatic heterocycles. The molecule has 0 radical (unpaired) electrons. The fourth-order valence-corrected chi connectivity index (χ4v) is 2.97. The molecular formula is C15H21N3O. The van der Waals surface area contributed by atoms with Crippen molar-refractivity contribution in [1.82, 2.24) is 9.80 Å². The summed E-state index contributed by atoms with van der Waals surface area (Å²) in [6.07, 6.45) is 2.10. The molecule has 102 valence electrons. The van der Waals surface area contributed by atoms with Gasteiger partial charge in [0.2, 0.25) is 0 Å². The Morgan fingerprint density at radius 1 is 1.42 bits per heavy atom. The lowest BCUT2D eigenvalue weighted by molar-refractivity contribution is 0.0783. The first-order valence-corrected chi connectivity index (χ1v) is 6.97. The molecule has 0 saturated carbocycles. The van der Waals surface area contributed by atoms with Gasteiger partial charge in [-0.05, 0) is 50.7 Å². The molecule has 2 heterocycles. The van der Waals surface area contributed by atoms with Crippen molar-refractivity contribution < 1.29 is 4.79 Å². The van der Waals surface area contributed by atoms with Crippen molar-refractivity contribution in [2.75, 3.05) is 39.0 Å². The average Bonchev–Trinajstić information content (AvgIpc) is 3.06. The molecule has 1 aromatic carbocycles. The molecule has 4 heteroatoms. The summed E-state index contributed by atoms with van der Waals surface area (Å²) in [4.78, 5) is 16.7. The van der Waals surface area contributed by atoms with Crippen molar-refractivity contribution in [2.45, 2.75) is 18.9 Å². The number of anilines is 1. The van der Waals surface area contributed by atoms with E-state index in [1.54, 1.807) is 0 Å². The van der Waals surface area contributed by atoms with Crippen molar-refractivity contribution in [1.29, 1.82) is 0 Å². The molecule has 0 aliphatic carbocycles. The highest BCUT2D eigenvalue weighted by Gasteiger charge is 2.28. The zero-order valence-corrected chi connectivity index (χ0v) is 11.6. The van der Waals surface area contributed by atoms with Crippen LogP contribution in [-0.2, 0) is 6.42 Å². The van der Waals surface area contributed by atoms with Crippen LogP contribution in [0.3, 0.4) is 0 Å². The lowest BCUT2D eigenvalue weighted by Crippen LogP contribution is -2.34. The van der Waals surface area contributed by atoms with E-state index >= 15 is 0 Å². The maximum absolute atomic E-state index is 12.5. The molecule has 1 atom stereocenters. The van der Waals surface area contributed by atoms with Crippen molar-refractivity contribution in [3.63, 3.8) is 0 Å². The monoisotopic (exact) mass is 259 g/mol. The second-order valence-electron chi connectivity index (χ2n) is 5.71. The molecule has 1 fully saturated rings. The Morgan fingerprint density at radius 3 is 3.00 bits per heavy atom. The Hall–Kier alpha value is -1.55. The van der Waals surface area contributed by atoms with E-state index < -0.39 is 0 Å². The van der Waals surface area contributed by atoms with Crippen molar-refractivity contribution in [2.24, 2.45) is 0 Å². The molecule has 3 rings (SSSR count). The van der Waals surface area contributed by atoms with Gasteiger partial charge in [-0.25, -0.2) is 0 Å². The SMILES string of the molecule is CN(C)C1CCN(C(=O)c2ccc3c(c2)CCN3)C1. The van der Waals surface area contributed by atoms with E-state index in [4.69, 9.17) is 0 Å². The number of carbonyl (C=O) groups is 1. The number of carbonyl (C=O) groups excluding carboxylic acids is 1. The predicted octanol–water partition coefficient (Wildman–Crippen LogP) is 1.43. The van der Waals surface area contributed by atoms with Crippen LogP contribution < -0.4 is 5.32 Å². The summed E-state index contributed by atoms with van der Waals surface area (Å²) >= 11 is 0. The van der Waals surface area contributed by atoms with E-state index in [2.05, 4.69) is 30.4 Å². The van der Waals surface area contributed by atoms with Gasteiger partial charge in [-0.3, -0.25) is 4.79 Å².